The number of nitrogens with one attached hydrogen (secondary N) is 1. The van der Waals surface area contributed by atoms with Crippen molar-refractivity contribution in [3.8, 4) is 5.88 Å². The van der Waals surface area contributed by atoms with Crippen LogP contribution in [0, 0.1) is 18.6 Å². The summed E-state index contributed by atoms with van der Waals surface area (Å²) < 4.78 is 31.9. The van der Waals surface area contributed by atoms with Gasteiger partial charge in [0.2, 0.25) is 5.88 Å². The van der Waals surface area contributed by atoms with E-state index in [9.17, 15) is 8.78 Å². The number of hydrogen-bond acceptors (Lipinski definition) is 4. The predicted octanol–water partition coefficient (Wildman–Crippen LogP) is 3.07. The zero-order valence-corrected chi connectivity index (χ0v) is 11.3. The van der Waals surface area contributed by atoms with Gasteiger partial charge in [-0.15, -0.1) is 0 Å². The molecule has 0 aliphatic carbocycles. The lowest BCUT2D eigenvalue weighted by Crippen LogP contribution is -2.07. The van der Waals surface area contributed by atoms with E-state index in [1.807, 2.05) is 6.92 Å². The first-order valence-corrected chi connectivity index (χ1v) is 6.24. The summed E-state index contributed by atoms with van der Waals surface area (Å²) in [5.74, 6) is 0.0741. The Bertz CT molecular complexity index is 605. The normalized spacial score (nSPS) is 10.4. The molecule has 0 bridgehead atoms. The fraction of sp³-hybridized carbons (Fsp3) is 0.286. The number of rotatable bonds is 5. The van der Waals surface area contributed by atoms with Gasteiger partial charge in [-0.25, -0.2) is 18.7 Å². The van der Waals surface area contributed by atoms with E-state index in [-0.39, 0.29) is 12.1 Å². The molecule has 0 radical (unpaired) electrons. The summed E-state index contributed by atoms with van der Waals surface area (Å²) in [6, 6.07) is 3.34. The molecular formula is C14H15F2N3O. The van der Waals surface area contributed by atoms with Crippen LogP contribution in [0.1, 0.15) is 18.1 Å². The number of aromatic nitrogens is 2. The molecule has 1 aromatic heterocycles. The van der Waals surface area contributed by atoms with Crippen LogP contribution < -0.4 is 10.1 Å². The van der Waals surface area contributed by atoms with Crippen LogP contribution in [0.3, 0.4) is 0 Å². The molecule has 1 heterocycles. The van der Waals surface area contributed by atoms with Crippen molar-refractivity contribution in [3.63, 3.8) is 0 Å². The van der Waals surface area contributed by atoms with Gasteiger partial charge in [0.15, 0.2) is 0 Å². The molecule has 0 saturated heterocycles. The molecule has 0 aliphatic heterocycles. The minimum absolute atomic E-state index is 0.132. The number of benzene rings is 1. The second kappa shape index (κ2) is 6.27. The molecule has 0 amide bonds. The first kappa shape index (κ1) is 14.2. The van der Waals surface area contributed by atoms with Crippen LogP contribution in [-0.2, 0) is 6.54 Å². The Morgan fingerprint density at radius 1 is 1.25 bits per heavy atom. The zero-order chi connectivity index (χ0) is 14.5. The third-order valence-corrected chi connectivity index (χ3v) is 2.77. The van der Waals surface area contributed by atoms with E-state index in [0.717, 1.165) is 23.8 Å². The van der Waals surface area contributed by atoms with Gasteiger partial charge < -0.3 is 10.1 Å². The quantitative estimate of drug-likeness (QED) is 0.913. The molecule has 20 heavy (non-hydrogen) atoms. The molecule has 0 fully saturated rings. The van der Waals surface area contributed by atoms with Gasteiger partial charge in [-0.05, 0) is 32.0 Å². The molecule has 0 unspecified atom stereocenters. The number of halogens is 2. The number of nitrogens with zero attached hydrogens (tertiary/aromatic N) is 2. The third-order valence-electron chi connectivity index (χ3n) is 2.77. The second-order valence-corrected chi connectivity index (χ2v) is 4.17. The van der Waals surface area contributed by atoms with Crippen molar-refractivity contribution in [3.05, 3.63) is 47.3 Å². The zero-order valence-electron chi connectivity index (χ0n) is 11.3. The van der Waals surface area contributed by atoms with Crippen molar-refractivity contribution in [2.75, 3.05) is 11.9 Å². The van der Waals surface area contributed by atoms with Gasteiger partial charge in [0, 0.05) is 12.1 Å². The molecule has 106 valence electrons. The summed E-state index contributed by atoms with van der Waals surface area (Å²) in [5, 5.41) is 2.96. The van der Waals surface area contributed by atoms with E-state index in [1.54, 1.807) is 6.92 Å². The van der Waals surface area contributed by atoms with E-state index in [2.05, 4.69) is 15.3 Å². The third kappa shape index (κ3) is 3.20. The minimum atomic E-state index is -0.474. The molecule has 6 heteroatoms. The summed E-state index contributed by atoms with van der Waals surface area (Å²) >= 11 is 0. The Kier molecular flexibility index (Phi) is 4.45. The molecule has 4 nitrogen and oxygen atoms in total. The van der Waals surface area contributed by atoms with Crippen LogP contribution >= 0.6 is 0 Å². The molecule has 0 spiro atoms. The summed E-state index contributed by atoms with van der Waals surface area (Å²) in [6.07, 6.45) is 1.36. The van der Waals surface area contributed by atoms with E-state index in [0.29, 0.717) is 18.3 Å². The highest BCUT2D eigenvalue weighted by Gasteiger charge is 2.09. The number of ether oxygens (including phenoxy) is 1. The van der Waals surface area contributed by atoms with Crippen LogP contribution in [0.25, 0.3) is 0 Å². The highest BCUT2D eigenvalue weighted by Crippen LogP contribution is 2.21. The van der Waals surface area contributed by atoms with Crippen LogP contribution in [0.4, 0.5) is 14.6 Å². The standard InChI is InChI=1S/C14H15F2N3O/c1-3-20-14-9(2)13(18-8-19-14)17-7-10-6-11(15)4-5-12(10)16/h4-6,8H,3,7H2,1-2H3,(H,17,18,19). The Morgan fingerprint density at radius 2 is 2.05 bits per heavy atom. The van der Waals surface area contributed by atoms with Gasteiger partial charge in [-0.3, -0.25) is 0 Å². The predicted molar refractivity (Wildman–Crippen MR) is 71.6 cm³/mol. The van der Waals surface area contributed by atoms with Crippen molar-refractivity contribution in [1.82, 2.24) is 9.97 Å². The molecule has 1 aromatic carbocycles. The fourth-order valence-electron chi connectivity index (χ4n) is 1.75. The van der Waals surface area contributed by atoms with Crippen LogP contribution in [-0.4, -0.2) is 16.6 Å². The maximum atomic E-state index is 13.5. The van der Waals surface area contributed by atoms with Gasteiger partial charge in [0.05, 0.1) is 12.2 Å². The van der Waals surface area contributed by atoms with Gasteiger partial charge in [-0.1, -0.05) is 0 Å². The fourth-order valence-corrected chi connectivity index (χ4v) is 1.75. The molecular weight excluding hydrogens is 264 g/mol. The second-order valence-electron chi connectivity index (χ2n) is 4.17. The average molecular weight is 279 g/mol. The molecule has 0 saturated carbocycles. The summed E-state index contributed by atoms with van der Waals surface area (Å²) in [7, 11) is 0. The first-order chi connectivity index (χ1) is 9.61. The maximum absolute atomic E-state index is 13.5. The summed E-state index contributed by atoms with van der Waals surface area (Å²) in [6.45, 7) is 4.29. The Balaban J connectivity index is 2.14. The molecule has 0 atom stereocenters. The topological polar surface area (TPSA) is 47.0 Å². The van der Waals surface area contributed by atoms with E-state index < -0.39 is 11.6 Å². The first-order valence-electron chi connectivity index (χ1n) is 6.24. The lowest BCUT2D eigenvalue weighted by molar-refractivity contribution is 0.324. The van der Waals surface area contributed by atoms with Gasteiger partial charge >= 0.3 is 0 Å². The Morgan fingerprint density at radius 3 is 2.80 bits per heavy atom. The summed E-state index contributed by atoms with van der Waals surface area (Å²) in [5.41, 5.74) is 0.965. The monoisotopic (exact) mass is 279 g/mol. The molecule has 0 aliphatic rings. The Labute approximate surface area is 115 Å². The minimum Gasteiger partial charge on any atom is -0.478 e. The molecule has 2 aromatic rings. The van der Waals surface area contributed by atoms with Gasteiger partial charge in [0.25, 0.3) is 0 Å². The molecule has 2 rings (SSSR count). The van der Waals surface area contributed by atoms with E-state index in [4.69, 9.17) is 4.74 Å². The van der Waals surface area contributed by atoms with Crippen LogP contribution in [0.15, 0.2) is 24.5 Å². The van der Waals surface area contributed by atoms with Crippen molar-refractivity contribution >= 4 is 5.82 Å². The van der Waals surface area contributed by atoms with Crippen molar-refractivity contribution < 1.29 is 13.5 Å². The smallest absolute Gasteiger partial charge is 0.221 e. The highest BCUT2D eigenvalue weighted by atomic mass is 19.1. The van der Waals surface area contributed by atoms with Crippen molar-refractivity contribution in [1.29, 1.82) is 0 Å². The largest absolute Gasteiger partial charge is 0.478 e. The van der Waals surface area contributed by atoms with E-state index in [1.165, 1.54) is 6.33 Å². The van der Waals surface area contributed by atoms with Crippen molar-refractivity contribution in [2.45, 2.75) is 20.4 Å². The van der Waals surface area contributed by atoms with Crippen molar-refractivity contribution in [2.24, 2.45) is 0 Å². The Hall–Kier alpha value is -2.24. The highest BCUT2D eigenvalue weighted by molar-refractivity contribution is 5.48. The van der Waals surface area contributed by atoms with Crippen LogP contribution in [0.5, 0.6) is 5.88 Å². The van der Waals surface area contributed by atoms with E-state index >= 15 is 0 Å². The summed E-state index contributed by atoms with van der Waals surface area (Å²) in [4.78, 5) is 8.08. The number of hydrogen-bond donors (Lipinski definition) is 1. The van der Waals surface area contributed by atoms with Crippen LogP contribution in [0.2, 0.25) is 0 Å². The van der Waals surface area contributed by atoms with Gasteiger partial charge in [-0.2, -0.15) is 0 Å². The SMILES string of the molecule is CCOc1ncnc(NCc2cc(F)ccc2F)c1C. The average Bonchev–Trinajstić information content (AvgIpc) is 2.43. The maximum Gasteiger partial charge on any atom is 0.221 e. The molecule has 1 N–H and O–H groups in total. The lowest BCUT2D eigenvalue weighted by Gasteiger charge is -2.11. The number of anilines is 1. The van der Waals surface area contributed by atoms with Gasteiger partial charge in [0.1, 0.15) is 23.8 Å². The lowest BCUT2D eigenvalue weighted by atomic mass is 10.2.